The molecule has 1 fully saturated rings. The van der Waals surface area contributed by atoms with Gasteiger partial charge in [0.05, 0.1) is 11.1 Å². The van der Waals surface area contributed by atoms with Crippen molar-refractivity contribution in [3.05, 3.63) is 59.2 Å². The molecule has 32 heavy (non-hydrogen) atoms. The molecule has 0 radical (unpaired) electrons. The fourth-order valence-corrected chi connectivity index (χ4v) is 4.96. The van der Waals surface area contributed by atoms with Crippen LogP contribution in [0.3, 0.4) is 0 Å². The molecule has 0 aliphatic carbocycles. The van der Waals surface area contributed by atoms with Crippen LogP contribution in [0.2, 0.25) is 0 Å². The summed E-state index contributed by atoms with van der Waals surface area (Å²) in [5.41, 5.74) is 0.376. The van der Waals surface area contributed by atoms with Crippen LogP contribution in [0.4, 0.5) is 13.2 Å². The maximum atomic E-state index is 13.0. The van der Waals surface area contributed by atoms with Gasteiger partial charge in [-0.15, -0.1) is 0 Å². The Bertz CT molecular complexity index is 1010. The highest BCUT2D eigenvalue weighted by Crippen LogP contribution is 2.35. The third-order valence-corrected chi connectivity index (χ3v) is 6.59. The number of halogens is 3. The van der Waals surface area contributed by atoms with Gasteiger partial charge in [0, 0.05) is 24.8 Å². The second kappa shape index (κ2) is 9.86. The Kier molecular flexibility index (Phi) is 6.95. The number of amidine groups is 1. The second-order valence-electron chi connectivity index (χ2n) is 8.04. The normalized spacial score (nSPS) is 18.5. The molecule has 1 unspecified atom stereocenters. The molecule has 0 bridgehead atoms. The van der Waals surface area contributed by atoms with Crippen LogP contribution in [0.5, 0.6) is 11.5 Å². The Hall–Kier alpha value is -2.66. The van der Waals surface area contributed by atoms with Crippen LogP contribution in [0.25, 0.3) is 0 Å². The number of piperidine rings is 1. The smallest absolute Gasteiger partial charge is 0.416 e. The molecular formula is C24H24F3N3OS. The van der Waals surface area contributed by atoms with Gasteiger partial charge in [-0.3, -0.25) is 0 Å². The number of aryl methyl sites for hydroxylation is 1. The van der Waals surface area contributed by atoms with E-state index in [2.05, 4.69) is 9.30 Å². The van der Waals surface area contributed by atoms with Gasteiger partial charge in [0.15, 0.2) is 0 Å². The van der Waals surface area contributed by atoms with Gasteiger partial charge in [-0.2, -0.15) is 18.4 Å². The van der Waals surface area contributed by atoms with Crippen molar-refractivity contribution in [1.29, 1.82) is 5.26 Å². The Morgan fingerprint density at radius 3 is 2.75 bits per heavy atom. The van der Waals surface area contributed by atoms with Crippen molar-refractivity contribution in [3.8, 4) is 17.6 Å². The van der Waals surface area contributed by atoms with E-state index in [4.69, 9.17) is 4.74 Å². The van der Waals surface area contributed by atoms with Crippen molar-refractivity contribution in [2.45, 2.75) is 50.7 Å². The van der Waals surface area contributed by atoms with Crippen molar-refractivity contribution in [1.82, 2.24) is 4.90 Å². The summed E-state index contributed by atoms with van der Waals surface area (Å²) in [5.74, 6) is 2.62. The molecule has 0 amide bonds. The molecule has 4 rings (SSSR count). The zero-order valence-corrected chi connectivity index (χ0v) is 18.4. The first-order valence-electron chi connectivity index (χ1n) is 10.8. The highest BCUT2D eigenvalue weighted by molar-refractivity contribution is 7.98. The van der Waals surface area contributed by atoms with Gasteiger partial charge in [0.2, 0.25) is 0 Å². The molecule has 2 aliphatic heterocycles. The zero-order chi connectivity index (χ0) is 22.6. The first-order valence-corrected chi connectivity index (χ1v) is 11.7. The number of hydrogen-bond donors (Lipinski definition) is 0. The van der Waals surface area contributed by atoms with E-state index in [0.29, 0.717) is 11.8 Å². The molecular weight excluding hydrogens is 435 g/mol. The van der Waals surface area contributed by atoms with Crippen LogP contribution >= 0.6 is 11.9 Å². The molecule has 0 spiro atoms. The van der Waals surface area contributed by atoms with E-state index < -0.39 is 11.7 Å². The van der Waals surface area contributed by atoms with E-state index in [1.165, 1.54) is 18.7 Å². The molecule has 168 valence electrons. The molecule has 1 atom stereocenters. The van der Waals surface area contributed by atoms with Crippen molar-refractivity contribution >= 4 is 17.8 Å². The summed E-state index contributed by atoms with van der Waals surface area (Å²) in [6, 6.07) is 12.7. The van der Waals surface area contributed by atoms with Crippen molar-refractivity contribution in [2.75, 3.05) is 12.3 Å². The van der Waals surface area contributed by atoms with Crippen LogP contribution in [0, 0.1) is 11.3 Å². The lowest BCUT2D eigenvalue weighted by molar-refractivity contribution is -0.137. The quantitative estimate of drug-likeness (QED) is 0.456. The van der Waals surface area contributed by atoms with E-state index >= 15 is 0 Å². The Balaban J connectivity index is 1.34. The Morgan fingerprint density at radius 1 is 1.19 bits per heavy atom. The summed E-state index contributed by atoms with van der Waals surface area (Å²) in [6.07, 6.45) is 2.13. The highest BCUT2D eigenvalue weighted by atomic mass is 32.2. The number of ether oxygens (including phenoxy) is 1. The average molecular weight is 460 g/mol. The Labute approximate surface area is 190 Å². The van der Waals surface area contributed by atoms with Gasteiger partial charge >= 0.3 is 6.18 Å². The fraction of sp³-hybridized carbons (Fsp3) is 0.417. The molecule has 2 aromatic rings. The minimum Gasteiger partial charge on any atom is -0.456 e. The number of nitriles is 1. The summed E-state index contributed by atoms with van der Waals surface area (Å²) in [7, 11) is 0. The monoisotopic (exact) mass is 459 g/mol. The number of hydrogen-bond acceptors (Lipinski definition) is 5. The van der Waals surface area contributed by atoms with Crippen molar-refractivity contribution in [3.63, 3.8) is 0 Å². The van der Waals surface area contributed by atoms with E-state index in [-0.39, 0.29) is 11.3 Å². The Morgan fingerprint density at radius 2 is 2.00 bits per heavy atom. The lowest BCUT2D eigenvalue weighted by Crippen LogP contribution is -2.46. The van der Waals surface area contributed by atoms with E-state index in [0.717, 1.165) is 61.7 Å². The maximum absolute atomic E-state index is 13.0. The molecule has 0 N–H and O–H groups in total. The first-order chi connectivity index (χ1) is 15.4. The van der Waals surface area contributed by atoms with Gasteiger partial charge in [0.25, 0.3) is 0 Å². The second-order valence-corrected chi connectivity index (χ2v) is 8.89. The fourth-order valence-electron chi connectivity index (χ4n) is 4.24. The van der Waals surface area contributed by atoms with E-state index in [1.807, 2.05) is 18.2 Å². The highest BCUT2D eigenvalue weighted by Gasteiger charge is 2.31. The van der Waals surface area contributed by atoms with Crippen LogP contribution in [-0.4, -0.2) is 29.1 Å². The third-order valence-electron chi connectivity index (χ3n) is 5.89. The summed E-state index contributed by atoms with van der Waals surface area (Å²) in [5, 5.41) is 9.19. The molecule has 4 nitrogen and oxygen atoms in total. The lowest BCUT2D eigenvalue weighted by atomic mass is 9.95. The number of nitrogens with zero attached hydrogens (tertiary/aromatic N) is 3. The summed E-state index contributed by atoms with van der Waals surface area (Å²) >= 11 is 1.67. The van der Waals surface area contributed by atoms with Gasteiger partial charge in [-0.1, -0.05) is 12.1 Å². The van der Waals surface area contributed by atoms with Crippen LogP contribution < -0.4 is 4.74 Å². The third kappa shape index (κ3) is 5.39. The summed E-state index contributed by atoms with van der Waals surface area (Å²) in [6.45, 7) is 1.08. The zero-order valence-electron chi connectivity index (χ0n) is 17.6. The lowest BCUT2D eigenvalue weighted by Gasteiger charge is -2.40. The SMILES string of the molecule is N#Cc1ccc(C(F)(F)F)cc1Oc1ccc(CCCC2CCCC3=NSCCN32)cc1. The van der Waals surface area contributed by atoms with Crippen molar-refractivity contribution in [2.24, 2.45) is 4.40 Å². The van der Waals surface area contributed by atoms with Gasteiger partial charge in [-0.05, 0) is 79.9 Å². The van der Waals surface area contributed by atoms with Crippen LogP contribution in [0.15, 0.2) is 46.9 Å². The molecule has 2 heterocycles. The largest absolute Gasteiger partial charge is 0.456 e. The molecule has 0 saturated carbocycles. The molecule has 0 aromatic heterocycles. The number of rotatable bonds is 6. The van der Waals surface area contributed by atoms with Gasteiger partial charge < -0.3 is 9.64 Å². The number of fused-ring (bicyclic) bond motifs is 1. The molecule has 8 heteroatoms. The predicted molar refractivity (Wildman–Crippen MR) is 120 cm³/mol. The van der Waals surface area contributed by atoms with Gasteiger partial charge in [0.1, 0.15) is 23.4 Å². The topological polar surface area (TPSA) is 48.6 Å². The average Bonchev–Trinajstić information content (AvgIpc) is 2.80. The standard InChI is InChI=1S/C24H24F3N3OS/c25-24(26,27)19-10-9-18(16-28)22(15-19)31-21-11-7-17(8-12-21)3-1-4-20-5-2-6-23-29-32-14-13-30(20)23/h7-12,15,20H,1-6,13-14H2. The predicted octanol–water partition coefficient (Wildman–Crippen LogP) is 6.61. The van der Waals surface area contributed by atoms with Crippen molar-refractivity contribution < 1.29 is 17.9 Å². The van der Waals surface area contributed by atoms with Gasteiger partial charge in [-0.25, -0.2) is 4.40 Å². The minimum atomic E-state index is -4.49. The maximum Gasteiger partial charge on any atom is 0.416 e. The van der Waals surface area contributed by atoms with Crippen LogP contribution in [-0.2, 0) is 12.6 Å². The minimum absolute atomic E-state index is 0.0635. The summed E-state index contributed by atoms with van der Waals surface area (Å²) < 4.78 is 49.2. The molecule has 2 aliphatic rings. The number of alkyl halides is 3. The summed E-state index contributed by atoms with van der Waals surface area (Å²) in [4.78, 5) is 2.48. The van der Waals surface area contributed by atoms with E-state index in [9.17, 15) is 18.4 Å². The van der Waals surface area contributed by atoms with E-state index in [1.54, 1.807) is 24.1 Å². The van der Waals surface area contributed by atoms with Crippen LogP contribution in [0.1, 0.15) is 48.8 Å². The number of benzene rings is 2. The molecule has 1 saturated heterocycles. The first kappa shape index (κ1) is 22.5. The molecule has 2 aromatic carbocycles.